The fourth-order valence-corrected chi connectivity index (χ4v) is 3.67. The number of carbonyl (C=O) groups is 2. The van der Waals surface area contributed by atoms with Gasteiger partial charge in [0.1, 0.15) is 17.3 Å². The molecule has 3 aromatic rings. The van der Waals surface area contributed by atoms with E-state index in [1.807, 2.05) is 0 Å². The number of likely N-dealkylation sites (N-methyl/N-ethyl adjacent to an activating group) is 1. The standard InChI is InChI=1S/C21H21F2N5O2/c1-27-4-6-28(7-5-27)11-12-8-14-15(10-26-21(14)25-9-12)19(29)17-16(22)3-2-13(18(17)23)20(24)30/h2-3,8-10H,4-7,11H2,1H3,(H2,24,30)(H,25,26). The average Bonchev–Trinajstić information content (AvgIpc) is 3.12. The largest absolute Gasteiger partial charge is 0.366 e. The number of rotatable bonds is 5. The lowest BCUT2D eigenvalue weighted by Crippen LogP contribution is -2.43. The SMILES string of the molecule is CN1CCN(Cc2cnc3[nH]cc(C(=O)c4c(F)ccc(C(N)=O)c4F)c3c2)CC1. The number of H-pyrrole nitrogens is 1. The zero-order valence-corrected chi connectivity index (χ0v) is 16.4. The number of primary amides is 1. The summed E-state index contributed by atoms with van der Waals surface area (Å²) in [6.07, 6.45) is 3.09. The number of nitrogens with two attached hydrogens (primary N) is 1. The third-order valence-electron chi connectivity index (χ3n) is 5.42. The summed E-state index contributed by atoms with van der Waals surface area (Å²) in [7, 11) is 2.08. The molecule has 7 nitrogen and oxygen atoms in total. The van der Waals surface area contributed by atoms with Crippen LogP contribution in [-0.4, -0.2) is 64.7 Å². The van der Waals surface area contributed by atoms with Crippen LogP contribution in [0.2, 0.25) is 0 Å². The van der Waals surface area contributed by atoms with Crippen LogP contribution in [0.25, 0.3) is 11.0 Å². The Morgan fingerprint density at radius 1 is 1.17 bits per heavy atom. The summed E-state index contributed by atoms with van der Waals surface area (Å²) < 4.78 is 29.0. The van der Waals surface area contributed by atoms with Crippen molar-refractivity contribution < 1.29 is 18.4 Å². The van der Waals surface area contributed by atoms with Gasteiger partial charge in [0.15, 0.2) is 0 Å². The second-order valence-corrected chi connectivity index (χ2v) is 7.50. The quantitative estimate of drug-likeness (QED) is 0.623. The van der Waals surface area contributed by atoms with Crippen LogP contribution < -0.4 is 5.73 Å². The molecule has 4 rings (SSSR count). The van der Waals surface area contributed by atoms with Crippen molar-refractivity contribution in [2.24, 2.45) is 5.73 Å². The number of ketones is 1. The minimum Gasteiger partial charge on any atom is -0.366 e. The number of fused-ring (bicyclic) bond motifs is 1. The van der Waals surface area contributed by atoms with Gasteiger partial charge in [-0.2, -0.15) is 0 Å². The molecule has 30 heavy (non-hydrogen) atoms. The summed E-state index contributed by atoms with van der Waals surface area (Å²) in [5, 5.41) is 0.468. The number of aromatic amines is 1. The molecule has 156 valence electrons. The second-order valence-electron chi connectivity index (χ2n) is 7.50. The van der Waals surface area contributed by atoms with Gasteiger partial charge in [-0.1, -0.05) is 0 Å². The van der Waals surface area contributed by atoms with E-state index in [9.17, 15) is 18.4 Å². The first-order valence-corrected chi connectivity index (χ1v) is 9.54. The molecule has 0 unspecified atom stereocenters. The van der Waals surface area contributed by atoms with Gasteiger partial charge in [0.05, 0.1) is 11.1 Å². The molecule has 1 aliphatic heterocycles. The molecule has 1 fully saturated rings. The molecule has 3 N–H and O–H groups in total. The van der Waals surface area contributed by atoms with Crippen LogP contribution in [-0.2, 0) is 6.54 Å². The van der Waals surface area contributed by atoms with Crippen LogP contribution in [0.3, 0.4) is 0 Å². The second kappa shape index (κ2) is 7.92. The molecule has 0 saturated carbocycles. The Labute approximate surface area is 171 Å². The van der Waals surface area contributed by atoms with Gasteiger partial charge in [-0.3, -0.25) is 14.5 Å². The van der Waals surface area contributed by atoms with Crippen molar-refractivity contribution in [3.05, 3.63) is 64.5 Å². The zero-order chi connectivity index (χ0) is 21.4. The molecule has 0 bridgehead atoms. The fraction of sp³-hybridized carbons (Fsp3) is 0.286. The highest BCUT2D eigenvalue weighted by Gasteiger charge is 2.26. The third kappa shape index (κ3) is 3.69. The summed E-state index contributed by atoms with van der Waals surface area (Å²) >= 11 is 0. The summed E-state index contributed by atoms with van der Waals surface area (Å²) in [4.78, 5) is 36.1. The maximum Gasteiger partial charge on any atom is 0.251 e. The first-order valence-electron chi connectivity index (χ1n) is 9.54. The predicted molar refractivity (Wildman–Crippen MR) is 107 cm³/mol. The molecule has 1 aromatic carbocycles. The van der Waals surface area contributed by atoms with E-state index in [2.05, 4.69) is 26.8 Å². The number of nitrogens with one attached hydrogen (secondary N) is 1. The molecule has 2 aromatic heterocycles. The van der Waals surface area contributed by atoms with Crippen molar-refractivity contribution in [1.82, 2.24) is 19.8 Å². The van der Waals surface area contributed by atoms with Gasteiger partial charge in [-0.15, -0.1) is 0 Å². The van der Waals surface area contributed by atoms with Crippen molar-refractivity contribution in [1.29, 1.82) is 0 Å². The van der Waals surface area contributed by atoms with Gasteiger partial charge in [0, 0.05) is 56.1 Å². The Hall–Kier alpha value is -3.17. The molecule has 1 aliphatic rings. The Morgan fingerprint density at radius 3 is 2.60 bits per heavy atom. The number of hydrogen-bond donors (Lipinski definition) is 2. The van der Waals surface area contributed by atoms with E-state index in [0.717, 1.165) is 43.9 Å². The maximum atomic E-state index is 14.6. The first kappa shape index (κ1) is 20.1. The van der Waals surface area contributed by atoms with E-state index in [1.54, 1.807) is 12.3 Å². The van der Waals surface area contributed by atoms with E-state index < -0.39 is 34.5 Å². The van der Waals surface area contributed by atoms with Crippen LogP contribution in [0.5, 0.6) is 0 Å². The molecule has 0 radical (unpaired) electrons. The number of aromatic nitrogens is 2. The number of carbonyl (C=O) groups excluding carboxylic acids is 2. The molecule has 1 amide bonds. The first-order chi connectivity index (χ1) is 14.3. The Morgan fingerprint density at radius 2 is 1.90 bits per heavy atom. The van der Waals surface area contributed by atoms with Crippen molar-refractivity contribution in [2.75, 3.05) is 33.2 Å². The minimum atomic E-state index is -1.26. The molecule has 1 saturated heterocycles. The number of benzene rings is 1. The summed E-state index contributed by atoms with van der Waals surface area (Å²) in [5.41, 5.74) is 5.20. The molecular weight excluding hydrogens is 392 g/mol. The van der Waals surface area contributed by atoms with Crippen LogP contribution in [0.1, 0.15) is 31.8 Å². The fourth-order valence-electron chi connectivity index (χ4n) is 3.67. The van der Waals surface area contributed by atoms with Crippen LogP contribution in [0.4, 0.5) is 8.78 Å². The average molecular weight is 413 g/mol. The topological polar surface area (TPSA) is 95.3 Å². The van der Waals surface area contributed by atoms with Crippen molar-refractivity contribution in [2.45, 2.75) is 6.54 Å². The van der Waals surface area contributed by atoms with Gasteiger partial charge in [-0.25, -0.2) is 13.8 Å². The van der Waals surface area contributed by atoms with Gasteiger partial charge < -0.3 is 15.6 Å². The lowest BCUT2D eigenvalue weighted by molar-refractivity contribution is 0.0996. The zero-order valence-electron chi connectivity index (χ0n) is 16.4. The number of piperazine rings is 1. The summed E-state index contributed by atoms with van der Waals surface area (Å²) in [5.74, 6) is -4.27. The van der Waals surface area contributed by atoms with Crippen LogP contribution >= 0.6 is 0 Å². The number of pyridine rings is 1. The molecule has 0 spiro atoms. The van der Waals surface area contributed by atoms with E-state index >= 15 is 0 Å². The monoisotopic (exact) mass is 413 g/mol. The van der Waals surface area contributed by atoms with E-state index in [-0.39, 0.29) is 5.56 Å². The summed E-state index contributed by atoms with van der Waals surface area (Å²) in [6.45, 7) is 4.44. The van der Waals surface area contributed by atoms with Gasteiger partial charge >= 0.3 is 0 Å². The van der Waals surface area contributed by atoms with E-state index in [0.29, 0.717) is 17.6 Å². The number of halogens is 2. The third-order valence-corrected chi connectivity index (χ3v) is 5.42. The number of amides is 1. The van der Waals surface area contributed by atoms with Crippen molar-refractivity contribution >= 4 is 22.7 Å². The molecular formula is C21H21F2N5O2. The van der Waals surface area contributed by atoms with Gasteiger partial charge in [0.2, 0.25) is 5.78 Å². The normalized spacial score (nSPS) is 15.6. The lowest BCUT2D eigenvalue weighted by atomic mass is 9.99. The molecule has 9 heteroatoms. The Balaban J connectivity index is 1.69. The number of nitrogens with zero attached hydrogens (tertiary/aromatic N) is 3. The Kier molecular flexibility index (Phi) is 5.31. The highest BCUT2D eigenvalue weighted by molar-refractivity contribution is 6.16. The maximum absolute atomic E-state index is 14.6. The molecule has 3 heterocycles. The van der Waals surface area contributed by atoms with Crippen molar-refractivity contribution in [3.8, 4) is 0 Å². The van der Waals surface area contributed by atoms with Crippen LogP contribution in [0.15, 0.2) is 30.6 Å². The minimum absolute atomic E-state index is 0.0807. The summed E-state index contributed by atoms with van der Waals surface area (Å²) in [6, 6.07) is 3.59. The molecule has 0 atom stereocenters. The predicted octanol–water partition coefficient (Wildman–Crippen LogP) is 1.92. The highest BCUT2D eigenvalue weighted by atomic mass is 19.1. The lowest BCUT2D eigenvalue weighted by Gasteiger charge is -2.32. The van der Waals surface area contributed by atoms with Gasteiger partial charge in [0.25, 0.3) is 5.91 Å². The van der Waals surface area contributed by atoms with Crippen LogP contribution in [0, 0.1) is 11.6 Å². The smallest absolute Gasteiger partial charge is 0.251 e. The van der Waals surface area contributed by atoms with Crippen molar-refractivity contribution in [3.63, 3.8) is 0 Å². The Bertz CT molecular complexity index is 1140. The number of hydrogen-bond acceptors (Lipinski definition) is 5. The van der Waals surface area contributed by atoms with E-state index in [4.69, 9.17) is 5.73 Å². The van der Waals surface area contributed by atoms with E-state index in [1.165, 1.54) is 6.20 Å². The van der Waals surface area contributed by atoms with Gasteiger partial charge in [-0.05, 0) is 30.8 Å². The molecule has 0 aliphatic carbocycles. The highest BCUT2D eigenvalue weighted by Crippen LogP contribution is 2.25.